The number of fused-ring (bicyclic) bond motifs is 1. The van der Waals surface area contributed by atoms with Gasteiger partial charge in [0.1, 0.15) is 0 Å². The fraction of sp³-hybridized carbons (Fsp3) is 0.105. The molecule has 0 fully saturated rings. The third-order valence-corrected chi connectivity index (χ3v) is 4.56. The lowest BCUT2D eigenvalue weighted by atomic mass is 10.1. The van der Waals surface area contributed by atoms with Crippen molar-refractivity contribution in [1.82, 2.24) is 14.7 Å². The van der Waals surface area contributed by atoms with Gasteiger partial charge in [-0.15, -0.1) is 0 Å². The summed E-state index contributed by atoms with van der Waals surface area (Å²) in [7, 11) is 0. The molecule has 2 heterocycles. The van der Waals surface area contributed by atoms with Crippen LogP contribution in [0.5, 0.6) is 0 Å². The van der Waals surface area contributed by atoms with Crippen LogP contribution in [0, 0.1) is 6.92 Å². The summed E-state index contributed by atoms with van der Waals surface area (Å²) in [5.74, 6) is -0.0469. The molecule has 0 N–H and O–H groups in total. The van der Waals surface area contributed by atoms with Gasteiger partial charge >= 0.3 is 5.76 Å². The van der Waals surface area contributed by atoms with Crippen molar-refractivity contribution in [3.05, 3.63) is 81.4 Å². The molecule has 0 saturated carbocycles. The molecule has 0 atom stereocenters. The fourth-order valence-corrected chi connectivity index (χ4v) is 3.13. The summed E-state index contributed by atoms with van der Waals surface area (Å²) >= 11 is 6.40. The molecule has 0 saturated heterocycles. The Hall–Kier alpha value is -2.92. The highest BCUT2D eigenvalue weighted by Gasteiger charge is 2.17. The van der Waals surface area contributed by atoms with E-state index >= 15 is 0 Å². The summed E-state index contributed by atoms with van der Waals surface area (Å²) < 4.78 is 6.41. The Morgan fingerprint density at radius 2 is 1.96 bits per heavy atom. The number of aromatic nitrogens is 3. The highest BCUT2D eigenvalue weighted by atomic mass is 35.5. The van der Waals surface area contributed by atoms with Crippen LogP contribution in [0.1, 0.15) is 11.1 Å². The van der Waals surface area contributed by atoms with Crippen molar-refractivity contribution in [2.45, 2.75) is 13.5 Å². The molecule has 124 valence electrons. The Kier molecular flexibility index (Phi) is 3.86. The standard InChI is InChI=1S/C19H14ClN3O2/c1-12-5-2-3-7-14(12)18-22-25-19(24)23(18)11-15-16(20)9-8-13-6-4-10-21-17(13)15/h2-10H,11H2,1H3. The maximum Gasteiger partial charge on any atom is 0.442 e. The molecule has 4 rings (SSSR count). The largest absolute Gasteiger partial charge is 0.442 e. The van der Waals surface area contributed by atoms with Gasteiger partial charge in [-0.1, -0.05) is 53.2 Å². The van der Waals surface area contributed by atoms with Crippen molar-refractivity contribution in [2.75, 3.05) is 0 Å². The first-order valence-electron chi connectivity index (χ1n) is 7.80. The molecule has 0 aliphatic carbocycles. The van der Waals surface area contributed by atoms with Crippen LogP contribution >= 0.6 is 11.6 Å². The van der Waals surface area contributed by atoms with Crippen LogP contribution in [0.3, 0.4) is 0 Å². The zero-order chi connectivity index (χ0) is 17.4. The number of rotatable bonds is 3. The van der Waals surface area contributed by atoms with E-state index in [4.69, 9.17) is 16.1 Å². The van der Waals surface area contributed by atoms with E-state index in [-0.39, 0.29) is 6.54 Å². The van der Waals surface area contributed by atoms with Crippen molar-refractivity contribution < 1.29 is 4.52 Å². The van der Waals surface area contributed by atoms with Gasteiger partial charge in [0.2, 0.25) is 0 Å². The third-order valence-electron chi connectivity index (χ3n) is 4.21. The second-order valence-corrected chi connectivity index (χ2v) is 6.18. The number of nitrogens with zero attached hydrogens (tertiary/aromatic N) is 3. The number of aryl methyl sites for hydroxylation is 1. The van der Waals surface area contributed by atoms with Gasteiger partial charge < -0.3 is 0 Å². The Bertz CT molecular complexity index is 1130. The molecule has 2 aromatic carbocycles. The zero-order valence-corrected chi connectivity index (χ0v) is 14.2. The first-order chi connectivity index (χ1) is 12.1. The lowest BCUT2D eigenvalue weighted by molar-refractivity contribution is 0.378. The molecule has 0 amide bonds. The summed E-state index contributed by atoms with van der Waals surface area (Å²) in [6.45, 7) is 2.20. The van der Waals surface area contributed by atoms with E-state index < -0.39 is 5.76 Å². The normalized spacial score (nSPS) is 11.1. The molecule has 25 heavy (non-hydrogen) atoms. The first-order valence-corrected chi connectivity index (χ1v) is 8.17. The van der Waals surface area contributed by atoms with Crippen molar-refractivity contribution in [3.8, 4) is 11.4 Å². The maximum absolute atomic E-state index is 12.2. The molecule has 0 aliphatic rings. The van der Waals surface area contributed by atoms with Crippen molar-refractivity contribution in [3.63, 3.8) is 0 Å². The van der Waals surface area contributed by atoms with Gasteiger partial charge in [0.15, 0.2) is 5.82 Å². The SMILES string of the molecule is Cc1ccccc1-c1noc(=O)n1Cc1c(Cl)ccc2cccnc12. The molecule has 4 aromatic rings. The molecule has 0 aliphatic heterocycles. The summed E-state index contributed by atoms with van der Waals surface area (Å²) in [6, 6.07) is 15.3. The van der Waals surface area contributed by atoms with Crippen molar-refractivity contribution in [2.24, 2.45) is 0 Å². The average Bonchev–Trinajstić information content (AvgIpc) is 2.98. The van der Waals surface area contributed by atoms with E-state index in [0.717, 1.165) is 27.6 Å². The number of hydrogen-bond donors (Lipinski definition) is 0. The lowest BCUT2D eigenvalue weighted by Crippen LogP contribution is -2.17. The van der Waals surface area contributed by atoms with Gasteiger partial charge in [-0.3, -0.25) is 14.1 Å². The predicted molar refractivity (Wildman–Crippen MR) is 96.8 cm³/mol. The lowest BCUT2D eigenvalue weighted by Gasteiger charge is -2.10. The Morgan fingerprint density at radius 1 is 1.12 bits per heavy atom. The highest BCUT2D eigenvalue weighted by Crippen LogP contribution is 2.27. The Morgan fingerprint density at radius 3 is 2.80 bits per heavy atom. The van der Waals surface area contributed by atoms with Gasteiger partial charge in [-0.25, -0.2) is 4.79 Å². The fourth-order valence-electron chi connectivity index (χ4n) is 2.91. The van der Waals surface area contributed by atoms with Crippen LogP contribution in [0.25, 0.3) is 22.3 Å². The van der Waals surface area contributed by atoms with E-state index in [1.54, 1.807) is 6.20 Å². The minimum atomic E-state index is -0.526. The molecular formula is C19H14ClN3O2. The number of halogens is 1. The summed E-state index contributed by atoms with van der Waals surface area (Å²) in [5, 5.41) is 5.48. The second-order valence-electron chi connectivity index (χ2n) is 5.77. The van der Waals surface area contributed by atoms with Gasteiger partial charge in [0.25, 0.3) is 0 Å². The van der Waals surface area contributed by atoms with Crippen molar-refractivity contribution in [1.29, 1.82) is 0 Å². The minimum Gasteiger partial charge on any atom is -0.295 e. The quantitative estimate of drug-likeness (QED) is 0.558. The van der Waals surface area contributed by atoms with Crippen molar-refractivity contribution >= 4 is 22.5 Å². The van der Waals surface area contributed by atoms with Gasteiger partial charge in [-0.05, 0) is 24.6 Å². The van der Waals surface area contributed by atoms with Crippen LogP contribution in [-0.4, -0.2) is 14.7 Å². The third kappa shape index (κ3) is 2.72. The Balaban J connectivity index is 1.89. The smallest absolute Gasteiger partial charge is 0.295 e. The van der Waals surface area contributed by atoms with Crippen LogP contribution in [0.15, 0.2) is 64.0 Å². The van der Waals surface area contributed by atoms with Gasteiger partial charge in [-0.2, -0.15) is 0 Å². The molecule has 0 spiro atoms. The molecule has 5 nitrogen and oxygen atoms in total. The second kappa shape index (κ2) is 6.18. The van der Waals surface area contributed by atoms with Crippen LogP contribution < -0.4 is 5.76 Å². The van der Waals surface area contributed by atoms with E-state index in [9.17, 15) is 4.79 Å². The summed E-state index contributed by atoms with van der Waals surface area (Å²) in [6.07, 6.45) is 1.71. The molecule has 0 radical (unpaired) electrons. The van der Waals surface area contributed by atoms with E-state index in [1.165, 1.54) is 4.57 Å². The average molecular weight is 352 g/mol. The summed E-state index contributed by atoms with van der Waals surface area (Å²) in [5.41, 5.74) is 3.38. The van der Waals surface area contributed by atoms with Crippen LogP contribution in [0.2, 0.25) is 5.02 Å². The van der Waals surface area contributed by atoms with E-state index in [1.807, 2.05) is 55.5 Å². The highest BCUT2D eigenvalue weighted by molar-refractivity contribution is 6.32. The van der Waals surface area contributed by atoms with Gasteiger partial charge in [0, 0.05) is 27.7 Å². The molecule has 2 aromatic heterocycles. The van der Waals surface area contributed by atoms with E-state index in [0.29, 0.717) is 10.8 Å². The number of benzene rings is 2. The van der Waals surface area contributed by atoms with Gasteiger partial charge in [0.05, 0.1) is 12.1 Å². The Labute approximate surface area is 148 Å². The van der Waals surface area contributed by atoms with Crippen LogP contribution in [0.4, 0.5) is 0 Å². The number of pyridine rings is 1. The molecule has 6 heteroatoms. The maximum atomic E-state index is 12.2. The minimum absolute atomic E-state index is 0.235. The predicted octanol–water partition coefficient (Wildman–Crippen LogP) is 4.06. The molecule has 0 unspecified atom stereocenters. The molecular weight excluding hydrogens is 338 g/mol. The zero-order valence-electron chi connectivity index (χ0n) is 13.4. The topological polar surface area (TPSA) is 60.9 Å². The first kappa shape index (κ1) is 15.6. The monoisotopic (exact) mass is 351 g/mol. The molecule has 0 bridgehead atoms. The summed E-state index contributed by atoms with van der Waals surface area (Å²) in [4.78, 5) is 16.7. The van der Waals surface area contributed by atoms with Crippen LogP contribution in [-0.2, 0) is 6.54 Å². The van der Waals surface area contributed by atoms with E-state index in [2.05, 4.69) is 10.1 Å². The number of hydrogen-bond acceptors (Lipinski definition) is 4.